The van der Waals surface area contributed by atoms with Gasteiger partial charge in [0.25, 0.3) is 5.91 Å². The summed E-state index contributed by atoms with van der Waals surface area (Å²) in [6, 6.07) is 5.63. The first-order chi connectivity index (χ1) is 8.61. The van der Waals surface area contributed by atoms with Crippen molar-refractivity contribution < 1.29 is 9.53 Å². The van der Waals surface area contributed by atoms with Crippen molar-refractivity contribution in [2.45, 2.75) is 18.9 Å². The van der Waals surface area contributed by atoms with E-state index < -0.39 is 0 Å². The summed E-state index contributed by atoms with van der Waals surface area (Å²) in [6.45, 7) is 1.48. The van der Waals surface area contributed by atoms with Crippen LogP contribution in [0.25, 0.3) is 0 Å². The van der Waals surface area contributed by atoms with E-state index in [1.165, 1.54) is 0 Å². The summed E-state index contributed by atoms with van der Waals surface area (Å²) in [5, 5.41) is 0. The minimum atomic E-state index is 0.0604. The number of carbonyl (C=O) groups is 1. The highest BCUT2D eigenvalue weighted by molar-refractivity contribution is 9.10. The number of nitrogens with two attached hydrogens (primary N) is 1. The highest BCUT2D eigenvalue weighted by atomic mass is 79.9. The van der Waals surface area contributed by atoms with Gasteiger partial charge in [-0.05, 0) is 47.0 Å². The number of methoxy groups -OCH3 is 1. The normalized spacial score (nSPS) is 16.7. The molecule has 5 heteroatoms. The van der Waals surface area contributed by atoms with Gasteiger partial charge in [0.05, 0.1) is 11.6 Å². The number of likely N-dealkylation sites (tertiary alicyclic amines) is 1. The molecular formula is C13H17BrN2O2. The Bertz CT molecular complexity index is 443. The fraction of sp³-hybridized carbons (Fsp3) is 0.462. The third-order valence-electron chi connectivity index (χ3n) is 3.23. The van der Waals surface area contributed by atoms with Crippen LogP contribution in [0.5, 0.6) is 5.75 Å². The molecule has 0 saturated carbocycles. The van der Waals surface area contributed by atoms with Gasteiger partial charge in [-0.25, -0.2) is 0 Å². The quantitative estimate of drug-likeness (QED) is 0.909. The number of hydrogen-bond donors (Lipinski definition) is 1. The molecule has 0 spiro atoms. The summed E-state index contributed by atoms with van der Waals surface area (Å²) in [4.78, 5) is 14.1. The van der Waals surface area contributed by atoms with Gasteiger partial charge in [-0.3, -0.25) is 4.79 Å². The maximum absolute atomic E-state index is 12.3. The Morgan fingerprint density at radius 3 is 2.67 bits per heavy atom. The van der Waals surface area contributed by atoms with E-state index in [9.17, 15) is 4.79 Å². The lowest BCUT2D eigenvalue weighted by atomic mass is 10.0. The van der Waals surface area contributed by atoms with Crippen molar-refractivity contribution in [1.29, 1.82) is 0 Å². The zero-order valence-electron chi connectivity index (χ0n) is 10.4. The van der Waals surface area contributed by atoms with Gasteiger partial charge in [-0.2, -0.15) is 0 Å². The Balaban J connectivity index is 2.11. The minimum Gasteiger partial charge on any atom is -0.496 e. The fourth-order valence-electron chi connectivity index (χ4n) is 2.08. The van der Waals surface area contributed by atoms with Gasteiger partial charge in [0.1, 0.15) is 5.75 Å². The maximum Gasteiger partial charge on any atom is 0.253 e. The number of nitrogens with zero attached hydrogens (tertiary/aromatic N) is 1. The van der Waals surface area contributed by atoms with Crippen molar-refractivity contribution >= 4 is 21.8 Å². The summed E-state index contributed by atoms with van der Waals surface area (Å²) >= 11 is 3.39. The number of benzene rings is 1. The molecule has 98 valence electrons. The van der Waals surface area contributed by atoms with Crippen LogP contribution < -0.4 is 10.5 Å². The number of carbonyl (C=O) groups excluding carboxylic acids is 1. The van der Waals surface area contributed by atoms with Crippen LogP contribution in [-0.2, 0) is 0 Å². The predicted molar refractivity (Wildman–Crippen MR) is 73.8 cm³/mol. The van der Waals surface area contributed by atoms with Crippen LogP contribution in [0.3, 0.4) is 0 Å². The summed E-state index contributed by atoms with van der Waals surface area (Å²) in [5.41, 5.74) is 6.51. The SMILES string of the molecule is COc1ccc(C(=O)N2CCC(N)CC2)cc1Br. The van der Waals surface area contributed by atoms with E-state index in [2.05, 4.69) is 15.9 Å². The van der Waals surface area contributed by atoms with E-state index in [1.54, 1.807) is 25.3 Å². The first kappa shape index (κ1) is 13.4. The molecular weight excluding hydrogens is 296 g/mol. The Kier molecular flexibility index (Phi) is 4.24. The Morgan fingerprint density at radius 1 is 1.44 bits per heavy atom. The Labute approximate surface area is 115 Å². The van der Waals surface area contributed by atoms with Crippen molar-refractivity contribution in [2.24, 2.45) is 5.73 Å². The van der Waals surface area contributed by atoms with E-state index in [-0.39, 0.29) is 11.9 Å². The standard InChI is InChI=1S/C13H17BrN2O2/c1-18-12-3-2-9(8-11(12)14)13(17)16-6-4-10(15)5-7-16/h2-3,8,10H,4-7,15H2,1H3. The second-order valence-corrected chi connectivity index (χ2v) is 5.33. The van der Waals surface area contributed by atoms with E-state index in [0.29, 0.717) is 5.56 Å². The van der Waals surface area contributed by atoms with Crippen molar-refractivity contribution in [3.05, 3.63) is 28.2 Å². The second kappa shape index (κ2) is 5.71. The van der Waals surface area contributed by atoms with Crippen LogP contribution in [-0.4, -0.2) is 37.0 Å². The average molecular weight is 313 g/mol. The van der Waals surface area contributed by atoms with E-state index >= 15 is 0 Å². The molecule has 1 aromatic carbocycles. The molecule has 0 aliphatic carbocycles. The maximum atomic E-state index is 12.3. The molecule has 0 aromatic heterocycles. The smallest absolute Gasteiger partial charge is 0.253 e. The van der Waals surface area contributed by atoms with Gasteiger partial charge < -0.3 is 15.4 Å². The number of rotatable bonds is 2. The van der Waals surface area contributed by atoms with Crippen LogP contribution >= 0.6 is 15.9 Å². The molecule has 1 aromatic rings. The lowest BCUT2D eigenvalue weighted by Gasteiger charge is -2.30. The lowest BCUT2D eigenvalue weighted by molar-refractivity contribution is 0.0714. The number of ether oxygens (including phenoxy) is 1. The number of piperidine rings is 1. The van der Waals surface area contributed by atoms with E-state index in [1.807, 2.05) is 4.90 Å². The molecule has 1 amide bonds. The zero-order valence-corrected chi connectivity index (χ0v) is 11.9. The molecule has 0 atom stereocenters. The molecule has 2 rings (SSSR count). The zero-order chi connectivity index (χ0) is 13.1. The molecule has 2 N–H and O–H groups in total. The van der Waals surface area contributed by atoms with Crippen LogP contribution in [0, 0.1) is 0 Å². The summed E-state index contributed by atoms with van der Waals surface area (Å²) in [5.74, 6) is 0.789. The Morgan fingerprint density at radius 2 is 2.11 bits per heavy atom. The molecule has 1 saturated heterocycles. The third-order valence-corrected chi connectivity index (χ3v) is 3.85. The van der Waals surface area contributed by atoms with Crippen LogP contribution in [0.15, 0.2) is 22.7 Å². The minimum absolute atomic E-state index is 0.0604. The fourth-order valence-corrected chi connectivity index (χ4v) is 2.63. The van der Waals surface area contributed by atoms with Gasteiger partial charge in [0.15, 0.2) is 0 Å². The Hall–Kier alpha value is -1.07. The highest BCUT2D eigenvalue weighted by Gasteiger charge is 2.22. The number of amides is 1. The summed E-state index contributed by atoms with van der Waals surface area (Å²) in [7, 11) is 1.60. The molecule has 0 bridgehead atoms. The largest absolute Gasteiger partial charge is 0.496 e. The average Bonchev–Trinajstić information content (AvgIpc) is 2.38. The topological polar surface area (TPSA) is 55.6 Å². The first-order valence-electron chi connectivity index (χ1n) is 6.00. The molecule has 18 heavy (non-hydrogen) atoms. The summed E-state index contributed by atoms with van der Waals surface area (Å²) < 4.78 is 5.95. The van der Waals surface area contributed by atoms with Gasteiger partial charge >= 0.3 is 0 Å². The van der Waals surface area contributed by atoms with Crippen molar-refractivity contribution in [1.82, 2.24) is 4.90 Å². The summed E-state index contributed by atoms with van der Waals surface area (Å²) in [6.07, 6.45) is 1.76. The van der Waals surface area contributed by atoms with Crippen LogP contribution in [0.1, 0.15) is 23.2 Å². The highest BCUT2D eigenvalue weighted by Crippen LogP contribution is 2.26. The van der Waals surface area contributed by atoms with Crippen LogP contribution in [0.2, 0.25) is 0 Å². The first-order valence-corrected chi connectivity index (χ1v) is 6.79. The molecule has 4 nitrogen and oxygen atoms in total. The van der Waals surface area contributed by atoms with Gasteiger partial charge in [0, 0.05) is 24.7 Å². The predicted octanol–water partition coefficient (Wildman–Crippen LogP) is 2.02. The molecule has 0 unspecified atom stereocenters. The molecule has 1 heterocycles. The monoisotopic (exact) mass is 312 g/mol. The van der Waals surface area contributed by atoms with Gasteiger partial charge in [0.2, 0.25) is 0 Å². The van der Waals surface area contributed by atoms with E-state index in [0.717, 1.165) is 36.2 Å². The van der Waals surface area contributed by atoms with E-state index in [4.69, 9.17) is 10.5 Å². The number of hydrogen-bond acceptors (Lipinski definition) is 3. The van der Waals surface area contributed by atoms with Crippen LogP contribution in [0.4, 0.5) is 0 Å². The van der Waals surface area contributed by atoms with Crippen molar-refractivity contribution in [3.8, 4) is 5.75 Å². The van der Waals surface area contributed by atoms with Gasteiger partial charge in [-0.15, -0.1) is 0 Å². The lowest BCUT2D eigenvalue weighted by Crippen LogP contribution is -2.42. The second-order valence-electron chi connectivity index (χ2n) is 4.48. The number of halogens is 1. The van der Waals surface area contributed by atoms with Crippen molar-refractivity contribution in [3.63, 3.8) is 0 Å². The van der Waals surface area contributed by atoms with Crippen molar-refractivity contribution in [2.75, 3.05) is 20.2 Å². The molecule has 0 radical (unpaired) electrons. The third kappa shape index (κ3) is 2.84. The molecule has 1 aliphatic rings. The molecule has 1 aliphatic heterocycles. The van der Waals surface area contributed by atoms with Gasteiger partial charge in [-0.1, -0.05) is 0 Å². The molecule has 1 fully saturated rings.